The van der Waals surface area contributed by atoms with Crippen LogP contribution in [-0.4, -0.2) is 36.7 Å². The molecule has 0 saturated carbocycles. The Kier molecular flexibility index (Phi) is 6.11. The maximum atomic E-state index is 14.2. The molecule has 0 aliphatic carbocycles. The monoisotopic (exact) mass is 502 g/mol. The van der Waals surface area contributed by atoms with Crippen LogP contribution in [0.1, 0.15) is 4.88 Å². The van der Waals surface area contributed by atoms with E-state index in [4.69, 9.17) is 0 Å². The number of halogens is 1. The molecule has 3 N–H and O–H groups in total. The van der Waals surface area contributed by atoms with E-state index in [1.807, 2.05) is 0 Å². The highest BCUT2D eigenvalue weighted by Gasteiger charge is 2.21. The first kappa shape index (κ1) is 23.4. The number of carbonyl (C=O) groups is 1. The van der Waals surface area contributed by atoms with Gasteiger partial charge in [-0.3, -0.25) is 9.59 Å². The average Bonchev–Trinajstić information content (AvgIpc) is 3.22. The number of sulfone groups is 1. The Balaban J connectivity index is 1.58. The second-order valence-corrected chi connectivity index (χ2v) is 10.9. The smallest absolute Gasteiger partial charge is 0.333 e. The standard InChI is InChI=1S/C22H19FN4O5S2/c1-12-3-8-20(33-12)34(31,32)11-19(28)25-13-4-6-14(7-5-13)27-21(29)15-9-16(23)18(24-2)10-17(15)26-22(27)30/h3-10,24H,11H2,1-2H3,(H,25,28)(H,26,30). The molecule has 2 heterocycles. The third kappa shape index (κ3) is 4.50. The number of H-pyrrole nitrogens is 1. The van der Waals surface area contributed by atoms with Crippen molar-refractivity contribution in [1.29, 1.82) is 0 Å². The molecule has 0 radical (unpaired) electrons. The minimum Gasteiger partial charge on any atom is -0.386 e. The fraction of sp³-hybridized carbons (Fsp3) is 0.136. The predicted molar refractivity (Wildman–Crippen MR) is 129 cm³/mol. The first-order valence-corrected chi connectivity index (χ1v) is 12.4. The van der Waals surface area contributed by atoms with E-state index in [-0.39, 0.29) is 32.2 Å². The molecule has 34 heavy (non-hydrogen) atoms. The van der Waals surface area contributed by atoms with Gasteiger partial charge < -0.3 is 15.6 Å². The van der Waals surface area contributed by atoms with E-state index in [0.29, 0.717) is 0 Å². The second-order valence-electron chi connectivity index (χ2n) is 7.42. The molecular formula is C22H19FN4O5S2. The molecule has 0 atom stereocenters. The molecule has 0 aliphatic rings. The van der Waals surface area contributed by atoms with Crippen molar-refractivity contribution in [3.05, 3.63) is 80.1 Å². The van der Waals surface area contributed by atoms with E-state index < -0.39 is 38.6 Å². The number of aryl methyl sites for hydroxylation is 1. The van der Waals surface area contributed by atoms with Gasteiger partial charge in [0.05, 0.1) is 22.3 Å². The maximum absolute atomic E-state index is 14.2. The van der Waals surface area contributed by atoms with Crippen molar-refractivity contribution in [2.75, 3.05) is 23.4 Å². The quantitative estimate of drug-likeness (QED) is 0.372. The average molecular weight is 503 g/mol. The number of fused-ring (bicyclic) bond motifs is 1. The van der Waals surface area contributed by atoms with Gasteiger partial charge in [-0.15, -0.1) is 11.3 Å². The lowest BCUT2D eigenvalue weighted by Crippen LogP contribution is -2.33. The van der Waals surface area contributed by atoms with E-state index in [0.717, 1.165) is 26.8 Å². The molecule has 4 rings (SSSR count). The van der Waals surface area contributed by atoms with Crippen molar-refractivity contribution in [2.24, 2.45) is 0 Å². The lowest BCUT2D eigenvalue weighted by molar-refractivity contribution is -0.113. The molecule has 0 bridgehead atoms. The molecule has 0 aliphatic heterocycles. The zero-order chi connectivity index (χ0) is 24.6. The third-order valence-corrected chi connectivity index (χ3v) is 8.21. The Morgan fingerprint density at radius 2 is 1.82 bits per heavy atom. The first-order chi connectivity index (χ1) is 16.1. The van der Waals surface area contributed by atoms with Crippen LogP contribution in [0, 0.1) is 12.7 Å². The summed E-state index contributed by atoms with van der Waals surface area (Å²) >= 11 is 1.09. The number of nitrogens with one attached hydrogen (secondary N) is 3. The molecular weight excluding hydrogens is 483 g/mol. The zero-order valence-electron chi connectivity index (χ0n) is 18.0. The number of nitrogens with zero attached hydrogens (tertiary/aromatic N) is 1. The lowest BCUT2D eigenvalue weighted by atomic mass is 10.2. The van der Waals surface area contributed by atoms with Gasteiger partial charge in [0.15, 0.2) is 9.84 Å². The lowest BCUT2D eigenvalue weighted by Gasteiger charge is -2.10. The summed E-state index contributed by atoms with van der Waals surface area (Å²) < 4.78 is 39.9. The molecule has 4 aromatic rings. The summed E-state index contributed by atoms with van der Waals surface area (Å²) in [6, 6.07) is 11.2. The van der Waals surface area contributed by atoms with Crippen molar-refractivity contribution in [3.8, 4) is 5.69 Å². The number of carbonyl (C=O) groups excluding carboxylic acids is 1. The van der Waals surface area contributed by atoms with Crippen LogP contribution in [0.15, 0.2) is 62.3 Å². The van der Waals surface area contributed by atoms with Gasteiger partial charge in [-0.05, 0) is 55.5 Å². The number of amides is 1. The van der Waals surface area contributed by atoms with Crippen LogP contribution in [0.4, 0.5) is 15.8 Å². The first-order valence-electron chi connectivity index (χ1n) is 9.95. The molecule has 0 fully saturated rings. The number of rotatable bonds is 6. The van der Waals surface area contributed by atoms with E-state index in [9.17, 15) is 27.2 Å². The second kappa shape index (κ2) is 8.88. The number of aromatic nitrogens is 2. The van der Waals surface area contributed by atoms with Crippen LogP contribution >= 0.6 is 11.3 Å². The normalized spacial score (nSPS) is 11.5. The molecule has 2 aromatic carbocycles. The number of hydrogen-bond donors (Lipinski definition) is 3. The minimum atomic E-state index is -3.77. The maximum Gasteiger partial charge on any atom is 0.333 e. The fourth-order valence-electron chi connectivity index (χ4n) is 3.38. The van der Waals surface area contributed by atoms with Crippen LogP contribution in [0.5, 0.6) is 0 Å². The van der Waals surface area contributed by atoms with Crippen molar-refractivity contribution < 1.29 is 17.6 Å². The van der Waals surface area contributed by atoms with Crippen LogP contribution in [0.3, 0.4) is 0 Å². The molecule has 0 spiro atoms. The van der Waals surface area contributed by atoms with E-state index >= 15 is 0 Å². The Hall–Kier alpha value is -3.77. The van der Waals surface area contributed by atoms with Crippen LogP contribution < -0.4 is 21.9 Å². The molecule has 2 aromatic heterocycles. The van der Waals surface area contributed by atoms with Crippen molar-refractivity contribution >= 4 is 49.4 Å². The number of benzene rings is 2. The predicted octanol–water partition coefficient (Wildman–Crippen LogP) is 2.64. The largest absolute Gasteiger partial charge is 0.386 e. The zero-order valence-corrected chi connectivity index (χ0v) is 19.6. The molecule has 0 saturated heterocycles. The van der Waals surface area contributed by atoms with Gasteiger partial charge in [-0.2, -0.15) is 0 Å². The summed E-state index contributed by atoms with van der Waals surface area (Å²) in [4.78, 5) is 41.1. The van der Waals surface area contributed by atoms with Crippen molar-refractivity contribution in [2.45, 2.75) is 11.1 Å². The molecule has 0 unspecified atom stereocenters. The summed E-state index contributed by atoms with van der Waals surface area (Å²) in [5.41, 5.74) is -0.651. The topological polar surface area (TPSA) is 130 Å². The number of hydrogen-bond acceptors (Lipinski definition) is 7. The van der Waals surface area contributed by atoms with E-state index in [2.05, 4.69) is 15.6 Å². The summed E-state index contributed by atoms with van der Waals surface area (Å²) in [6.07, 6.45) is 0. The Bertz CT molecular complexity index is 1640. The number of anilines is 2. The van der Waals surface area contributed by atoms with Gasteiger partial charge in [0.25, 0.3) is 5.56 Å². The molecule has 9 nitrogen and oxygen atoms in total. The van der Waals surface area contributed by atoms with Crippen molar-refractivity contribution in [3.63, 3.8) is 0 Å². The Morgan fingerprint density at radius 3 is 2.44 bits per heavy atom. The van der Waals surface area contributed by atoms with Crippen LogP contribution in [-0.2, 0) is 14.6 Å². The highest BCUT2D eigenvalue weighted by atomic mass is 32.2. The van der Waals surface area contributed by atoms with Gasteiger partial charge >= 0.3 is 5.69 Å². The highest BCUT2D eigenvalue weighted by molar-refractivity contribution is 7.94. The van der Waals surface area contributed by atoms with Gasteiger partial charge in [-0.1, -0.05) is 0 Å². The number of aromatic amines is 1. The molecule has 12 heteroatoms. The Morgan fingerprint density at radius 1 is 1.12 bits per heavy atom. The van der Waals surface area contributed by atoms with Gasteiger partial charge in [0.2, 0.25) is 5.91 Å². The number of thiophene rings is 1. The fourth-order valence-corrected chi connectivity index (χ4v) is 5.88. The summed E-state index contributed by atoms with van der Waals surface area (Å²) in [6.45, 7) is 1.77. The minimum absolute atomic E-state index is 0.0116. The van der Waals surface area contributed by atoms with Crippen molar-refractivity contribution in [1.82, 2.24) is 9.55 Å². The summed E-state index contributed by atoms with van der Waals surface area (Å²) in [7, 11) is -2.25. The summed E-state index contributed by atoms with van der Waals surface area (Å²) in [5.74, 6) is -2.09. The SMILES string of the molecule is CNc1cc2[nH]c(=O)n(-c3ccc(NC(=O)CS(=O)(=O)c4ccc(C)s4)cc3)c(=O)c2cc1F. The van der Waals surface area contributed by atoms with Crippen LogP contribution in [0.25, 0.3) is 16.6 Å². The van der Waals surface area contributed by atoms with Gasteiger partial charge in [0.1, 0.15) is 15.8 Å². The van der Waals surface area contributed by atoms with E-state index in [1.165, 1.54) is 43.4 Å². The summed E-state index contributed by atoms with van der Waals surface area (Å²) in [5, 5.41) is 5.12. The molecule has 1 amide bonds. The van der Waals surface area contributed by atoms with Crippen LogP contribution in [0.2, 0.25) is 0 Å². The highest BCUT2D eigenvalue weighted by Crippen LogP contribution is 2.22. The van der Waals surface area contributed by atoms with E-state index in [1.54, 1.807) is 13.0 Å². The molecule has 176 valence electrons. The third-order valence-electron chi connectivity index (χ3n) is 5.01. The van der Waals surface area contributed by atoms with Gasteiger partial charge in [-0.25, -0.2) is 22.2 Å². The Labute approximate surface area is 196 Å². The van der Waals surface area contributed by atoms with Gasteiger partial charge in [0, 0.05) is 17.6 Å².